The second kappa shape index (κ2) is 7.46. The molecule has 0 aromatic heterocycles. The van der Waals surface area contributed by atoms with Crippen molar-refractivity contribution in [3.8, 4) is 0 Å². The van der Waals surface area contributed by atoms with Crippen LogP contribution in [0.3, 0.4) is 0 Å². The number of hydrogen-bond donors (Lipinski definition) is 1. The minimum Gasteiger partial charge on any atom is -0.381 e. The van der Waals surface area contributed by atoms with Gasteiger partial charge >= 0.3 is 0 Å². The third kappa shape index (κ3) is 4.52. The van der Waals surface area contributed by atoms with E-state index in [1.807, 2.05) is 7.11 Å². The first kappa shape index (κ1) is 14.3. The molecule has 2 N–H and O–H groups in total. The smallest absolute Gasteiger partial charge is 0.0595 e. The van der Waals surface area contributed by atoms with E-state index in [4.69, 9.17) is 10.5 Å². The van der Waals surface area contributed by atoms with Crippen LogP contribution in [0.15, 0.2) is 0 Å². The van der Waals surface area contributed by atoms with Gasteiger partial charge in [0, 0.05) is 32.8 Å². The third-order valence-electron chi connectivity index (χ3n) is 4.72. The maximum absolute atomic E-state index is 6.33. The maximum atomic E-state index is 6.33. The molecule has 106 valence electrons. The number of nitrogens with zero attached hydrogens (tertiary/aromatic N) is 1. The predicted molar refractivity (Wildman–Crippen MR) is 75.6 cm³/mol. The Kier molecular flexibility index (Phi) is 5.93. The monoisotopic (exact) mass is 254 g/mol. The van der Waals surface area contributed by atoms with Crippen molar-refractivity contribution in [3.63, 3.8) is 0 Å². The number of nitrogens with two attached hydrogens (primary N) is 1. The van der Waals surface area contributed by atoms with Gasteiger partial charge in [-0.15, -0.1) is 0 Å². The summed E-state index contributed by atoms with van der Waals surface area (Å²) in [5, 5.41) is 0. The molecule has 18 heavy (non-hydrogen) atoms. The quantitative estimate of drug-likeness (QED) is 0.819. The standard InChI is InChI=1S/C15H30N2O/c1-18-15-7-9-17(10-8-15)12-14(16)11-13-5-3-2-4-6-13/h13-15H,2-12,16H2,1H3. The zero-order valence-corrected chi connectivity index (χ0v) is 11.9. The van der Waals surface area contributed by atoms with Crippen molar-refractivity contribution in [2.45, 2.75) is 63.5 Å². The van der Waals surface area contributed by atoms with Crippen molar-refractivity contribution in [1.29, 1.82) is 0 Å². The van der Waals surface area contributed by atoms with E-state index in [0.717, 1.165) is 25.6 Å². The van der Waals surface area contributed by atoms with Gasteiger partial charge in [-0.1, -0.05) is 32.1 Å². The minimum absolute atomic E-state index is 0.382. The summed E-state index contributed by atoms with van der Waals surface area (Å²) in [6.45, 7) is 3.42. The van der Waals surface area contributed by atoms with Crippen LogP contribution in [-0.2, 0) is 4.74 Å². The zero-order valence-electron chi connectivity index (χ0n) is 11.9. The van der Waals surface area contributed by atoms with Gasteiger partial charge in [-0.05, 0) is 25.2 Å². The van der Waals surface area contributed by atoms with Crippen molar-refractivity contribution < 1.29 is 4.74 Å². The molecule has 0 bridgehead atoms. The van der Waals surface area contributed by atoms with E-state index in [2.05, 4.69) is 4.90 Å². The summed E-state index contributed by atoms with van der Waals surface area (Å²) in [4.78, 5) is 2.53. The normalized spacial score (nSPS) is 26.3. The Balaban J connectivity index is 1.63. The van der Waals surface area contributed by atoms with E-state index >= 15 is 0 Å². The largest absolute Gasteiger partial charge is 0.381 e. The molecule has 1 saturated carbocycles. The van der Waals surface area contributed by atoms with Crippen LogP contribution in [-0.4, -0.2) is 43.8 Å². The first-order valence-corrected chi connectivity index (χ1v) is 7.78. The fourth-order valence-electron chi connectivity index (χ4n) is 3.58. The van der Waals surface area contributed by atoms with Crippen LogP contribution >= 0.6 is 0 Å². The summed E-state index contributed by atoms with van der Waals surface area (Å²) < 4.78 is 5.41. The zero-order chi connectivity index (χ0) is 12.8. The Bertz CT molecular complexity index is 221. The average Bonchev–Trinajstić information content (AvgIpc) is 2.40. The molecule has 0 radical (unpaired) electrons. The molecule has 1 aliphatic heterocycles. The lowest BCUT2D eigenvalue weighted by molar-refractivity contribution is 0.0386. The summed E-state index contributed by atoms with van der Waals surface area (Å²) in [5.74, 6) is 0.908. The first-order valence-electron chi connectivity index (χ1n) is 7.78. The predicted octanol–water partition coefficient (Wildman–Crippen LogP) is 2.39. The van der Waals surface area contributed by atoms with Crippen molar-refractivity contribution >= 4 is 0 Å². The topological polar surface area (TPSA) is 38.5 Å². The van der Waals surface area contributed by atoms with Gasteiger partial charge in [0.2, 0.25) is 0 Å². The van der Waals surface area contributed by atoms with E-state index in [1.165, 1.54) is 51.4 Å². The maximum Gasteiger partial charge on any atom is 0.0595 e. The van der Waals surface area contributed by atoms with E-state index < -0.39 is 0 Å². The molecular formula is C15H30N2O. The van der Waals surface area contributed by atoms with Gasteiger partial charge in [0.1, 0.15) is 0 Å². The van der Waals surface area contributed by atoms with Crippen LogP contribution in [0.4, 0.5) is 0 Å². The minimum atomic E-state index is 0.382. The molecule has 2 fully saturated rings. The van der Waals surface area contributed by atoms with Crippen molar-refractivity contribution in [1.82, 2.24) is 4.90 Å². The van der Waals surface area contributed by atoms with Crippen LogP contribution in [0, 0.1) is 5.92 Å². The first-order chi connectivity index (χ1) is 8.78. The molecule has 1 heterocycles. The molecule has 2 aliphatic rings. The SMILES string of the molecule is COC1CCN(CC(N)CC2CCCCC2)CC1. The van der Waals surface area contributed by atoms with Gasteiger partial charge in [-0.2, -0.15) is 0 Å². The van der Waals surface area contributed by atoms with Crippen LogP contribution in [0.5, 0.6) is 0 Å². The Morgan fingerprint density at radius 3 is 2.39 bits per heavy atom. The molecule has 1 unspecified atom stereocenters. The third-order valence-corrected chi connectivity index (χ3v) is 4.72. The van der Waals surface area contributed by atoms with Gasteiger partial charge in [0.05, 0.1) is 6.10 Å². The Labute approximate surface area is 112 Å². The molecule has 2 rings (SSSR count). The number of hydrogen-bond acceptors (Lipinski definition) is 3. The van der Waals surface area contributed by atoms with E-state index in [1.54, 1.807) is 0 Å². The molecule has 1 atom stereocenters. The van der Waals surface area contributed by atoms with E-state index in [9.17, 15) is 0 Å². The summed E-state index contributed by atoms with van der Waals surface area (Å²) in [5.41, 5.74) is 6.33. The molecule has 1 aliphatic carbocycles. The highest BCUT2D eigenvalue weighted by molar-refractivity contribution is 4.78. The number of piperidine rings is 1. The van der Waals surface area contributed by atoms with Gasteiger partial charge in [0.25, 0.3) is 0 Å². The summed E-state index contributed by atoms with van der Waals surface area (Å²) in [6.07, 6.45) is 11.2. The Morgan fingerprint density at radius 1 is 1.11 bits per heavy atom. The molecule has 0 spiro atoms. The molecule has 0 aromatic rings. The summed E-state index contributed by atoms with van der Waals surface area (Å²) >= 11 is 0. The fraction of sp³-hybridized carbons (Fsp3) is 1.00. The molecule has 3 heteroatoms. The van der Waals surface area contributed by atoms with Crippen LogP contribution in [0.25, 0.3) is 0 Å². The number of likely N-dealkylation sites (tertiary alicyclic amines) is 1. The highest BCUT2D eigenvalue weighted by Gasteiger charge is 2.22. The van der Waals surface area contributed by atoms with Gasteiger partial charge in [-0.3, -0.25) is 0 Å². The number of methoxy groups -OCH3 is 1. The highest BCUT2D eigenvalue weighted by Crippen LogP contribution is 2.27. The Hall–Kier alpha value is -0.120. The van der Waals surface area contributed by atoms with Gasteiger partial charge in [0.15, 0.2) is 0 Å². The van der Waals surface area contributed by atoms with Crippen molar-refractivity contribution in [2.24, 2.45) is 11.7 Å². The molecule has 1 saturated heterocycles. The molecule has 3 nitrogen and oxygen atoms in total. The van der Waals surface area contributed by atoms with Crippen LogP contribution in [0.2, 0.25) is 0 Å². The molecule has 0 amide bonds. The lowest BCUT2D eigenvalue weighted by Crippen LogP contribution is -2.44. The summed E-state index contributed by atoms with van der Waals surface area (Å²) in [7, 11) is 1.83. The van der Waals surface area contributed by atoms with E-state index in [-0.39, 0.29) is 0 Å². The average molecular weight is 254 g/mol. The number of rotatable bonds is 5. The second-order valence-electron chi connectivity index (χ2n) is 6.24. The van der Waals surface area contributed by atoms with E-state index in [0.29, 0.717) is 12.1 Å². The van der Waals surface area contributed by atoms with Gasteiger partial charge < -0.3 is 15.4 Å². The lowest BCUT2D eigenvalue weighted by Gasteiger charge is -2.34. The fourth-order valence-corrected chi connectivity index (χ4v) is 3.58. The van der Waals surface area contributed by atoms with Crippen LogP contribution in [0.1, 0.15) is 51.4 Å². The Morgan fingerprint density at radius 2 is 1.78 bits per heavy atom. The molecule has 0 aromatic carbocycles. The lowest BCUT2D eigenvalue weighted by atomic mass is 9.85. The number of ether oxygens (including phenoxy) is 1. The second-order valence-corrected chi connectivity index (χ2v) is 6.24. The summed E-state index contributed by atoms with van der Waals surface area (Å²) in [6, 6.07) is 0.382. The van der Waals surface area contributed by atoms with Crippen LogP contribution < -0.4 is 5.73 Å². The molecular weight excluding hydrogens is 224 g/mol. The van der Waals surface area contributed by atoms with Crippen molar-refractivity contribution in [2.75, 3.05) is 26.7 Å². The van der Waals surface area contributed by atoms with Gasteiger partial charge in [-0.25, -0.2) is 0 Å². The van der Waals surface area contributed by atoms with Crippen molar-refractivity contribution in [3.05, 3.63) is 0 Å². The highest BCUT2D eigenvalue weighted by atomic mass is 16.5.